The maximum atomic E-state index is 10.1. The zero-order valence-corrected chi connectivity index (χ0v) is 10.1. The van der Waals surface area contributed by atoms with E-state index in [4.69, 9.17) is 9.84 Å². The quantitative estimate of drug-likeness (QED) is 0.398. The van der Waals surface area contributed by atoms with Gasteiger partial charge in [-0.15, -0.1) is 0 Å². The molecular formula is C11H24N2O3. The van der Waals surface area contributed by atoms with Crippen molar-refractivity contribution < 1.29 is 14.9 Å². The highest BCUT2D eigenvalue weighted by Gasteiger charge is 2.24. The normalized spacial score (nSPS) is 23.6. The molecule has 1 aliphatic rings. The highest BCUT2D eigenvalue weighted by Crippen LogP contribution is 2.16. The molecule has 1 unspecified atom stereocenters. The number of nitrogens with zero attached hydrogens (tertiary/aromatic N) is 1. The van der Waals surface area contributed by atoms with Crippen LogP contribution in [0.2, 0.25) is 0 Å². The van der Waals surface area contributed by atoms with Gasteiger partial charge >= 0.3 is 0 Å². The molecule has 5 heteroatoms. The molecule has 0 aromatic heterocycles. The lowest BCUT2D eigenvalue weighted by Gasteiger charge is -2.33. The smallest absolute Gasteiger partial charge is 0.111 e. The summed E-state index contributed by atoms with van der Waals surface area (Å²) in [7, 11) is 1.90. The van der Waals surface area contributed by atoms with Crippen LogP contribution in [0.15, 0.2) is 0 Å². The van der Waals surface area contributed by atoms with Crippen molar-refractivity contribution in [3.05, 3.63) is 0 Å². The second-order valence-corrected chi connectivity index (χ2v) is 4.34. The molecule has 1 saturated heterocycles. The fraction of sp³-hybridized carbons (Fsp3) is 1.00. The molecule has 0 aromatic carbocycles. The standard InChI is InChI=1S/C11H24N2O3/c1-13(5-7-16-8-6-14)11(15)10-3-2-4-12-9-10/h10-12,14-15H,2-9H2,1H3/t10-,11?/m1/s1. The molecule has 0 amide bonds. The lowest BCUT2D eigenvalue weighted by molar-refractivity contribution is -0.0446. The molecule has 3 N–H and O–H groups in total. The van der Waals surface area contributed by atoms with Gasteiger partial charge in [-0.1, -0.05) is 0 Å². The van der Waals surface area contributed by atoms with Gasteiger partial charge in [0.1, 0.15) is 6.23 Å². The second kappa shape index (κ2) is 7.97. The van der Waals surface area contributed by atoms with Gasteiger partial charge in [0, 0.05) is 19.0 Å². The van der Waals surface area contributed by atoms with E-state index in [1.54, 1.807) is 0 Å². The van der Waals surface area contributed by atoms with Crippen LogP contribution < -0.4 is 5.32 Å². The summed E-state index contributed by atoms with van der Waals surface area (Å²) in [5.74, 6) is 0.316. The number of aliphatic hydroxyl groups excluding tert-OH is 2. The number of ether oxygens (including phenoxy) is 1. The third-order valence-electron chi connectivity index (χ3n) is 3.03. The molecule has 16 heavy (non-hydrogen) atoms. The van der Waals surface area contributed by atoms with Gasteiger partial charge in [0.05, 0.1) is 19.8 Å². The van der Waals surface area contributed by atoms with Crippen molar-refractivity contribution in [3.8, 4) is 0 Å². The van der Waals surface area contributed by atoms with Gasteiger partial charge in [-0.05, 0) is 26.4 Å². The van der Waals surface area contributed by atoms with Crippen LogP contribution >= 0.6 is 0 Å². The Morgan fingerprint density at radius 3 is 2.94 bits per heavy atom. The molecule has 1 heterocycles. The van der Waals surface area contributed by atoms with Gasteiger partial charge in [0.2, 0.25) is 0 Å². The first-order chi connectivity index (χ1) is 7.75. The van der Waals surface area contributed by atoms with Gasteiger partial charge in [0.15, 0.2) is 0 Å². The Kier molecular flexibility index (Phi) is 6.91. The monoisotopic (exact) mass is 232 g/mol. The fourth-order valence-corrected chi connectivity index (χ4v) is 2.00. The van der Waals surface area contributed by atoms with E-state index in [-0.39, 0.29) is 6.61 Å². The highest BCUT2D eigenvalue weighted by atomic mass is 16.5. The van der Waals surface area contributed by atoms with Crippen LogP contribution in [0.5, 0.6) is 0 Å². The van der Waals surface area contributed by atoms with Crippen LogP contribution in [0.25, 0.3) is 0 Å². The van der Waals surface area contributed by atoms with Gasteiger partial charge in [0.25, 0.3) is 0 Å². The van der Waals surface area contributed by atoms with Crippen LogP contribution in [0.4, 0.5) is 0 Å². The largest absolute Gasteiger partial charge is 0.394 e. The van der Waals surface area contributed by atoms with Crippen molar-refractivity contribution in [3.63, 3.8) is 0 Å². The Balaban J connectivity index is 2.15. The predicted molar refractivity (Wildman–Crippen MR) is 62.1 cm³/mol. The number of piperidine rings is 1. The van der Waals surface area contributed by atoms with Crippen LogP contribution in [0, 0.1) is 5.92 Å². The average molecular weight is 232 g/mol. The molecule has 1 rings (SSSR count). The first-order valence-corrected chi connectivity index (χ1v) is 6.03. The Bertz CT molecular complexity index is 175. The maximum Gasteiger partial charge on any atom is 0.111 e. The van der Waals surface area contributed by atoms with Gasteiger partial charge < -0.3 is 20.3 Å². The summed E-state index contributed by atoms with van der Waals surface area (Å²) < 4.78 is 5.17. The van der Waals surface area contributed by atoms with E-state index >= 15 is 0 Å². The number of rotatable bonds is 7. The predicted octanol–water partition coefficient (Wildman–Crippen LogP) is -0.755. The first-order valence-electron chi connectivity index (χ1n) is 6.03. The molecular weight excluding hydrogens is 208 g/mol. The minimum atomic E-state index is -0.398. The molecule has 0 saturated carbocycles. The summed E-state index contributed by atoms with van der Waals surface area (Å²) in [5.41, 5.74) is 0. The number of likely N-dealkylation sites (N-methyl/N-ethyl adjacent to an activating group) is 1. The van der Waals surface area contributed by atoms with Crippen molar-refractivity contribution >= 4 is 0 Å². The Morgan fingerprint density at radius 1 is 1.50 bits per heavy atom. The van der Waals surface area contributed by atoms with E-state index < -0.39 is 6.23 Å². The van der Waals surface area contributed by atoms with Crippen molar-refractivity contribution in [1.29, 1.82) is 0 Å². The van der Waals surface area contributed by atoms with E-state index in [2.05, 4.69) is 5.32 Å². The topological polar surface area (TPSA) is 65.0 Å². The molecule has 0 spiro atoms. The van der Waals surface area contributed by atoms with Crippen LogP contribution in [0.1, 0.15) is 12.8 Å². The van der Waals surface area contributed by atoms with Gasteiger partial charge in [-0.3, -0.25) is 4.90 Å². The van der Waals surface area contributed by atoms with E-state index in [0.717, 1.165) is 25.9 Å². The summed E-state index contributed by atoms with van der Waals surface area (Å²) >= 11 is 0. The molecule has 5 nitrogen and oxygen atoms in total. The van der Waals surface area contributed by atoms with Crippen molar-refractivity contribution in [2.75, 3.05) is 46.5 Å². The second-order valence-electron chi connectivity index (χ2n) is 4.34. The maximum absolute atomic E-state index is 10.1. The van der Waals surface area contributed by atoms with Gasteiger partial charge in [-0.25, -0.2) is 0 Å². The number of hydrogen-bond donors (Lipinski definition) is 3. The lowest BCUT2D eigenvalue weighted by atomic mass is 9.97. The summed E-state index contributed by atoms with van der Waals surface area (Å²) in [6, 6.07) is 0. The molecule has 96 valence electrons. The molecule has 0 radical (unpaired) electrons. The molecule has 0 bridgehead atoms. The summed E-state index contributed by atoms with van der Waals surface area (Å²) in [6.07, 6.45) is 1.82. The van der Waals surface area contributed by atoms with Crippen LogP contribution in [0.3, 0.4) is 0 Å². The Morgan fingerprint density at radius 2 is 2.31 bits per heavy atom. The van der Waals surface area contributed by atoms with Gasteiger partial charge in [-0.2, -0.15) is 0 Å². The summed E-state index contributed by atoms with van der Waals surface area (Å²) in [5, 5.41) is 21.9. The van der Waals surface area contributed by atoms with Crippen LogP contribution in [-0.2, 0) is 4.74 Å². The number of hydrogen-bond acceptors (Lipinski definition) is 5. The Hall–Kier alpha value is -0.200. The van der Waals surface area contributed by atoms with Crippen molar-refractivity contribution in [2.45, 2.75) is 19.1 Å². The zero-order chi connectivity index (χ0) is 11.8. The minimum absolute atomic E-state index is 0.0544. The zero-order valence-electron chi connectivity index (χ0n) is 10.1. The lowest BCUT2D eigenvalue weighted by Crippen LogP contribution is -2.45. The van der Waals surface area contributed by atoms with Crippen molar-refractivity contribution in [1.82, 2.24) is 10.2 Å². The number of aliphatic hydroxyl groups is 2. The molecule has 1 fully saturated rings. The van der Waals surface area contributed by atoms with E-state index in [0.29, 0.717) is 25.7 Å². The highest BCUT2D eigenvalue weighted by molar-refractivity contribution is 4.75. The SMILES string of the molecule is CN(CCOCCO)C(O)[C@@H]1CCCNC1. The number of nitrogens with one attached hydrogen (secondary N) is 1. The average Bonchev–Trinajstić information content (AvgIpc) is 2.34. The molecule has 1 aliphatic heterocycles. The third kappa shape index (κ3) is 4.76. The summed E-state index contributed by atoms with van der Waals surface area (Å²) in [6.45, 7) is 3.62. The van der Waals surface area contributed by atoms with Crippen molar-refractivity contribution in [2.24, 2.45) is 5.92 Å². The summed E-state index contributed by atoms with van der Waals surface area (Å²) in [4.78, 5) is 1.91. The van der Waals surface area contributed by atoms with Crippen LogP contribution in [-0.4, -0.2) is 67.8 Å². The fourth-order valence-electron chi connectivity index (χ4n) is 2.00. The van der Waals surface area contributed by atoms with E-state index in [1.807, 2.05) is 11.9 Å². The van der Waals surface area contributed by atoms with E-state index in [9.17, 15) is 5.11 Å². The third-order valence-corrected chi connectivity index (χ3v) is 3.03. The molecule has 0 aliphatic carbocycles. The first kappa shape index (κ1) is 13.9. The van der Waals surface area contributed by atoms with E-state index in [1.165, 1.54) is 0 Å². The molecule has 2 atom stereocenters. The minimum Gasteiger partial charge on any atom is -0.394 e. The molecule has 0 aromatic rings. The Labute approximate surface area is 97.4 Å².